The van der Waals surface area contributed by atoms with E-state index in [9.17, 15) is 4.79 Å². The molecule has 3 nitrogen and oxygen atoms in total. The minimum absolute atomic E-state index is 0.0970. The highest BCUT2D eigenvalue weighted by Crippen LogP contribution is 2.22. The van der Waals surface area contributed by atoms with Gasteiger partial charge in [0.1, 0.15) is 5.75 Å². The minimum Gasteiger partial charge on any atom is -0.497 e. The summed E-state index contributed by atoms with van der Waals surface area (Å²) in [5.74, 6) is 0.737. The van der Waals surface area contributed by atoms with Crippen molar-refractivity contribution in [3.8, 4) is 5.75 Å². The van der Waals surface area contributed by atoms with E-state index in [1.165, 1.54) is 5.56 Å². The van der Waals surface area contributed by atoms with E-state index in [1.807, 2.05) is 63.2 Å². The number of nitrogens with one attached hydrogen (secondary N) is 1. The van der Waals surface area contributed by atoms with E-state index in [4.69, 9.17) is 4.74 Å². The van der Waals surface area contributed by atoms with Crippen molar-refractivity contribution < 1.29 is 9.53 Å². The van der Waals surface area contributed by atoms with Crippen LogP contribution in [0.5, 0.6) is 5.75 Å². The lowest BCUT2D eigenvalue weighted by Gasteiger charge is -2.09. The number of hydrogen-bond donors (Lipinski definition) is 1. The number of aryl methyl sites for hydroxylation is 3. The highest BCUT2D eigenvalue weighted by atomic mass is 16.5. The number of hydrogen-bond acceptors (Lipinski definition) is 2. The van der Waals surface area contributed by atoms with Crippen LogP contribution in [0, 0.1) is 20.8 Å². The molecule has 1 amide bonds. The van der Waals surface area contributed by atoms with Gasteiger partial charge < -0.3 is 10.1 Å². The van der Waals surface area contributed by atoms with Crippen molar-refractivity contribution in [3.63, 3.8) is 0 Å². The van der Waals surface area contributed by atoms with Crippen molar-refractivity contribution in [3.05, 3.63) is 70.3 Å². The number of carbonyl (C=O) groups is 1. The van der Waals surface area contributed by atoms with E-state index in [-0.39, 0.29) is 5.91 Å². The Morgan fingerprint density at radius 3 is 2.26 bits per heavy atom. The second-order valence-corrected chi connectivity index (χ2v) is 5.71. The molecule has 0 heterocycles. The molecule has 0 spiro atoms. The first-order valence-electron chi connectivity index (χ1n) is 7.66. The van der Waals surface area contributed by atoms with Crippen LogP contribution in [0.2, 0.25) is 0 Å². The zero-order valence-electron chi connectivity index (χ0n) is 14.1. The minimum atomic E-state index is -0.0970. The van der Waals surface area contributed by atoms with Gasteiger partial charge in [0, 0.05) is 12.6 Å². The molecular formula is C20H23NO2. The van der Waals surface area contributed by atoms with Crippen LogP contribution in [-0.2, 0) is 11.3 Å². The molecular weight excluding hydrogens is 286 g/mol. The predicted molar refractivity (Wildman–Crippen MR) is 94.5 cm³/mol. The highest BCUT2D eigenvalue weighted by Gasteiger charge is 2.04. The maximum Gasteiger partial charge on any atom is 0.244 e. The van der Waals surface area contributed by atoms with Gasteiger partial charge in [-0.2, -0.15) is 0 Å². The van der Waals surface area contributed by atoms with Crippen LogP contribution in [0.3, 0.4) is 0 Å². The van der Waals surface area contributed by atoms with Crippen LogP contribution in [0.15, 0.2) is 42.5 Å². The predicted octanol–water partition coefficient (Wildman–Crippen LogP) is 3.95. The van der Waals surface area contributed by atoms with Crippen LogP contribution in [0.4, 0.5) is 0 Å². The second kappa shape index (κ2) is 7.63. The van der Waals surface area contributed by atoms with Crippen molar-refractivity contribution >= 4 is 12.0 Å². The van der Waals surface area contributed by atoms with Gasteiger partial charge in [-0.25, -0.2) is 0 Å². The van der Waals surface area contributed by atoms with E-state index in [0.29, 0.717) is 6.54 Å². The Hall–Kier alpha value is -2.55. The number of benzene rings is 2. The third-order valence-corrected chi connectivity index (χ3v) is 3.79. The molecule has 0 unspecified atom stereocenters. The third kappa shape index (κ3) is 4.71. The molecule has 2 rings (SSSR count). The Balaban J connectivity index is 1.99. The van der Waals surface area contributed by atoms with Crippen molar-refractivity contribution in [2.24, 2.45) is 0 Å². The average Bonchev–Trinajstić information content (AvgIpc) is 2.53. The standard InChI is InChI=1S/C20H23NO2/c1-14-5-7-17(8-6-14)13-21-20(22)10-9-19-15(2)11-18(23-4)12-16(19)3/h5-12H,13H2,1-4H3,(H,21,22)/b10-9+. The molecule has 0 aliphatic carbocycles. The maximum atomic E-state index is 12.0. The van der Waals surface area contributed by atoms with E-state index in [2.05, 4.69) is 5.32 Å². The first-order chi connectivity index (χ1) is 11.0. The SMILES string of the molecule is COc1cc(C)c(/C=C/C(=O)NCc2ccc(C)cc2)c(C)c1. The zero-order valence-corrected chi connectivity index (χ0v) is 14.1. The molecule has 3 heteroatoms. The molecule has 0 atom stereocenters. The molecule has 0 aliphatic rings. The highest BCUT2D eigenvalue weighted by molar-refractivity contribution is 5.92. The zero-order chi connectivity index (χ0) is 16.8. The van der Waals surface area contributed by atoms with Crippen molar-refractivity contribution in [2.75, 3.05) is 7.11 Å². The lowest BCUT2D eigenvalue weighted by Crippen LogP contribution is -2.20. The molecule has 0 aromatic heterocycles. The number of methoxy groups -OCH3 is 1. The summed E-state index contributed by atoms with van der Waals surface area (Å²) in [4.78, 5) is 12.0. The van der Waals surface area contributed by atoms with Gasteiger partial charge in [0.2, 0.25) is 5.91 Å². The first-order valence-corrected chi connectivity index (χ1v) is 7.66. The van der Waals surface area contributed by atoms with Crippen LogP contribution in [0.1, 0.15) is 27.8 Å². The fraction of sp³-hybridized carbons (Fsp3) is 0.250. The Kier molecular flexibility index (Phi) is 5.58. The molecule has 120 valence electrons. The van der Waals surface area contributed by atoms with Crippen LogP contribution >= 0.6 is 0 Å². The lowest BCUT2D eigenvalue weighted by atomic mass is 10.0. The number of rotatable bonds is 5. The molecule has 1 N–H and O–H groups in total. The van der Waals surface area contributed by atoms with E-state index in [1.54, 1.807) is 13.2 Å². The Morgan fingerprint density at radius 1 is 1.09 bits per heavy atom. The summed E-state index contributed by atoms with van der Waals surface area (Å²) in [6, 6.07) is 12.1. The van der Waals surface area contributed by atoms with Gasteiger partial charge in [-0.05, 0) is 61.2 Å². The smallest absolute Gasteiger partial charge is 0.244 e. The largest absolute Gasteiger partial charge is 0.497 e. The van der Waals surface area contributed by atoms with Gasteiger partial charge in [-0.1, -0.05) is 29.8 Å². The summed E-state index contributed by atoms with van der Waals surface area (Å²) < 4.78 is 5.25. The summed E-state index contributed by atoms with van der Waals surface area (Å²) in [6.45, 7) is 6.60. The van der Waals surface area contributed by atoms with Crippen molar-refractivity contribution in [1.29, 1.82) is 0 Å². The molecule has 0 fully saturated rings. The van der Waals surface area contributed by atoms with E-state index >= 15 is 0 Å². The first kappa shape index (κ1) is 16.8. The van der Waals surface area contributed by atoms with Crippen LogP contribution in [0.25, 0.3) is 6.08 Å². The summed E-state index contributed by atoms with van der Waals surface area (Å²) in [5.41, 5.74) is 5.53. The van der Waals surface area contributed by atoms with Gasteiger partial charge in [-0.3, -0.25) is 4.79 Å². The summed E-state index contributed by atoms with van der Waals surface area (Å²) in [5, 5.41) is 2.90. The van der Waals surface area contributed by atoms with Gasteiger partial charge >= 0.3 is 0 Å². The Bertz CT molecular complexity index is 692. The number of carbonyl (C=O) groups excluding carboxylic acids is 1. The Morgan fingerprint density at radius 2 is 1.70 bits per heavy atom. The van der Waals surface area contributed by atoms with E-state index < -0.39 is 0 Å². The summed E-state index contributed by atoms with van der Waals surface area (Å²) in [7, 11) is 1.66. The molecule has 0 bridgehead atoms. The van der Waals surface area contributed by atoms with Gasteiger partial charge in [-0.15, -0.1) is 0 Å². The van der Waals surface area contributed by atoms with Crippen molar-refractivity contribution in [1.82, 2.24) is 5.32 Å². The molecule has 2 aromatic rings. The number of ether oxygens (including phenoxy) is 1. The van der Waals surface area contributed by atoms with Crippen molar-refractivity contribution in [2.45, 2.75) is 27.3 Å². The van der Waals surface area contributed by atoms with Crippen LogP contribution in [-0.4, -0.2) is 13.0 Å². The summed E-state index contributed by atoms with van der Waals surface area (Å²) in [6.07, 6.45) is 3.44. The molecule has 2 aromatic carbocycles. The average molecular weight is 309 g/mol. The molecule has 0 saturated carbocycles. The monoisotopic (exact) mass is 309 g/mol. The topological polar surface area (TPSA) is 38.3 Å². The fourth-order valence-electron chi connectivity index (χ4n) is 2.43. The molecule has 0 radical (unpaired) electrons. The maximum absolute atomic E-state index is 12.0. The van der Waals surface area contributed by atoms with Crippen LogP contribution < -0.4 is 10.1 Å². The van der Waals surface area contributed by atoms with Gasteiger partial charge in [0.25, 0.3) is 0 Å². The molecule has 0 saturated heterocycles. The number of amides is 1. The second-order valence-electron chi connectivity index (χ2n) is 5.71. The quantitative estimate of drug-likeness (QED) is 0.849. The van der Waals surface area contributed by atoms with E-state index in [0.717, 1.165) is 28.0 Å². The molecule has 23 heavy (non-hydrogen) atoms. The Labute approximate surface area is 138 Å². The van der Waals surface area contributed by atoms with Gasteiger partial charge in [0.15, 0.2) is 0 Å². The lowest BCUT2D eigenvalue weighted by molar-refractivity contribution is -0.116. The molecule has 0 aliphatic heterocycles. The third-order valence-electron chi connectivity index (χ3n) is 3.79. The summed E-state index contributed by atoms with van der Waals surface area (Å²) >= 11 is 0. The normalized spacial score (nSPS) is 10.8. The van der Waals surface area contributed by atoms with Gasteiger partial charge in [0.05, 0.1) is 7.11 Å². The fourth-order valence-corrected chi connectivity index (χ4v) is 2.43.